The van der Waals surface area contributed by atoms with Gasteiger partial charge in [-0.3, -0.25) is 14.5 Å². The van der Waals surface area contributed by atoms with Gasteiger partial charge in [0.1, 0.15) is 12.4 Å². The Morgan fingerprint density at radius 2 is 1.87 bits per heavy atom. The molecule has 2 aromatic heterocycles. The number of anilines is 1. The summed E-state index contributed by atoms with van der Waals surface area (Å²) in [5, 5.41) is 12.2. The molecule has 1 aliphatic heterocycles. The van der Waals surface area contributed by atoms with E-state index in [0.29, 0.717) is 12.4 Å². The smallest absolute Gasteiger partial charge is 0.240 e. The van der Waals surface area contributed by atoms with Crippen LogP contribution in [0.25, 0.3) is 16.9 Å². The van der Waals surface area contributed by atoms with Gasteiger partial charge in [0.05, 0.1) is 22.4 Å². The largest absolute Gasteiger partial charge is 0.353 e. The maximum absolute atomic E-state index is 13.7. The number of rotatable bonds is 8. The SMILES string of the molecule is Cc1ccc(-n2nc(-c3ccccc3)c3c2N(CC(=O)NCCN(C)C)C(=O)CSC3c2ccsc2)cc1. The second-order valence-corrected chi connectivity index (χ2v) is 11.5. The first-order chi connectivity index (χ1) is 18.4. The second kappa shape index (κ2) is 11.6. The van der Waals surface area contributed by atoms with E-state index in [9.17, 15) is 9.59 Å². The van der Waals surface area contributed by atoms with Crippen LogP contribution in [-0.2, 0) is 9.59 Å². The third kappa shape index (κ3) is 5.55. The van der Waals surface area contributed by atoms with E-state index in [1.807, 2.05) is 85.2 Å². The lowest BCUT2D eigenvalue weighted by molar-refractivity contribution is -0.122. The number of thioether (sulfide) groups is 1. The van der Waals surface area contributed by atoms with E-state index in [1.54, 1.807) is 28.0 Å². The molecule has 0 spiro atoms. The number of carbonyl (C=O) groups is 2. The molecule has 5 rings (SSSR count). The zero-order valence-electron chi connectivity index (χ0n) is 21.8. The van der Waals surface area contributed by atoms with Crippen LogP contribution in [0, 0.1) is 6.92 Å². The van der Waals surface area contributed by atoms with Gasteiger partial charge in [-0.25, -0.2) is 4.68 Å². The third-order valence-electron chi connectivity index (χ3n) is 6.44. The highest BCUT2D eigenvalue weighted by molar-refractivity contribution is 8.00. The fourth-order valence-electron chi connectivity index (χ4n) is 4.50. The topological polar surface area (TPSA) is 70.5 Å². The highest BCUT2D eigenvalue weighted by Crippen LogP contribution is 2.48. The number of aryl methyl sites for hydroxylation is 1. The molecule has 1 unspecified atom stereocenters. The lowest BCUT2D eigenvalue weighted by atomic mass is 10.0. The number of hydrogen-bond donors (Lipinski definition) is 1. The molecular weight excluding hydrogens is 514 g/mol. The van der Waals surface area contributed by atoms with Crippen molar-refractivity contribution in [1.29, 1.82) is 0 Å². The molecule has 1 N–H and O–H groups in total. The summed E-state index contributed by atoms with van der Waals surface area (Å²) in [6.45, 7) is 3.21. The zero-order chi connectivity index (χ0) is 26.6. The lowest BCUT2D eigenvalue weighted by Crippen LogP contribution is -2.43. The van der Waals surface area contributed by atoms with Gasteiger partial charge in [-0.2, -0.15) is 16.4 Å². The molecule has 0 saturated carbocycles. The van der Waals surface area contributed by atoms with Gasteiger partial charge < -0.3 is 10.2 Å². The van der Waals surface area contributed by atoms with Gasteiger partial charge in [-0.15, -0.1) is 11.8 Å². The molecule has 38 heavy (non-hydrogen) atoms. The highest BCUT2D eigenvalue weighted by atomic mass is 32.2. The maximum atomic E-state index is 13.7. The summed E-state index contributed by atoms with van der Waals surface area (Å²) in [7, 11) is 3.92. The number of fused-ring (bicyclic) bond motifs is 1. The lowest BCUT2D eigenvalue weighted by Gasteiger charge is -2.23. The number of amides is 2. The summed E-state index contributed by atoms with van der Waals surface area (Å²) in [6, 6.07) is 20.3. The number of nitrogens with one attached hydrogen (secondary N) is 1. The van der Waals surface area contributed by atoms with Crippen molar-refractivity contribution < 1.29 is 9.59 Å². The van der Waals surface area contributed by atoms with E-state index < -0.39 is 0 Å². The number of benzene rings is 2. The fourth-order valence-corrected chi connectivity index (χ4v) is 6.46. The first kappa shape index (κ1) is 26.2. The molecule has 4 aromatic rings. The first-order valence-electron chi connectivity index (χ1n) is 12.5. The van der Waals surface area contributed by atoms with E-state index in [2.05, 4.69) is 22.1 Å². The van der Waals surface area contributed by atoms with Crippen LogP contribution >= 0.6 is 23.1 Å². The Labute approximate surface area is 231 Å². The van der Waals surface area contributed by atoms with Crippen molar-refractivity contribution in [3.05, 3.63) is 88.1 Å². The predicted molar refractivity (Wildman–Crippen MR) is 156 cm³/mol. The Kier molecular flexibility index (Phi) is 7.97. The number of aromatic nitrogens is 2. The van der Waals surface area contributed by atoms with Crippen LogP contribution in [0.15, 0.2) is 71.4 Å². The maximum Gasteiger partial charge on any atom is 0.240 e. The van der Waals surface area contributed by atoms with Gasteiger partial charge in [0.25, 0.3) is 0 Å². The van der Waals surface area contributed by atoms with Crippen molar-refractivity contribution in [2.24, 2.45) is 0 Å². The van der Waals surface area contributed by atoms with Crippen molar-refractivity contribution in [2.45, 2.75) is 12.2 Å². The molecule has 0 bridgehead atoms. The Balaban J connectivity index is 1.69. The Bertz CT molecular complexity index is 1400. The van der Waals surface area contributed by atoms with Gasteiger partial charge in [-0.1, -0.05) is 48.0 Å². The van der Waals surface area contributed by atoms with Crippen LogP contribution in [0.5, 0.6) is 0 Å². The van der Waals surface area contributed by atoms with Crippen LogP contribution in [-0.4, -0.2) is 66.0 Å². The monoisotopic (exact) mass is 545 g/mol. The molecule has 2 aromatic carbocycles. The van der Waals surface area contributed by atoms with Crippen LogP contribution in [0.2, 0.25) is 0 Å². The van der Waals surface area contributed by atoms with Gasteiger partial charge >= 0.3 is 0 Å². The fraction of sp³-hybridized carbons (Fsp3) is 0.276. The number of thiophene rings is 1. The van der Waals surface area contributed by atoms with Gasteiger partial charge in [0, 0.05) is 24.2 Å². The summed E-state index contributed by atoms with van der Waals surface area (Å²) in [6.07, 6.45) is 0. The molecular formula is C29H31N5O2S2. The summed E-state index contributed by atoms with van der Waals surface area (Å²) >= 11 is 3.23. The molecule has 1 aliphatic rings. The molecule has 0 aliphatic carbocycles. The summed E-state index contributed by atoms with van der Waals surface area (Å²) in [5.74, 6) is 0.622. The third-order valence-corrected chi connectivity index (χ3v) is 8.40. The average Bonchev–Trinajstić information content (AvgIpc) is 3.55. The van der Waals surface area contributed by atoms with Crippen LogP contribution < -0.4 is 10.2 Å². The van der Waals surface area contributed by atoms with Crippen LogP contribution in [0.4, 0.5) is 5.82 Å². The molecule has 196 valence electrons. The summed E-state index contributed by atoms with van der Waals surface area (Å²) < 4.78 is 1.84. The number of carbonyl (C=O) groups excluding carboxylic acids is 2. The number of likely N-dealkylation sites (N-methyl/N-ethyl adjacent to an activating group) is 1. The van der Waals surface area contributed by atoms with Crippen molar-refractivity contribution in [2.75, 3.05) is 44.4 Å². The van der Waals surface area contributed by atoms with Gasteiger partial charge in [0.15, 0.2) is 0 Å². The molecule has 3 heterocycles. The molecule has 0 saturated heterocycles. The van der Waals surface area contributed by atoms with E-state index in [4.69, 9.17) is 5.10 Å². The van der Waals surface area contributed by atoms with Crippen molar-refractivity contribution in [1.82, 2.24) is 20.0 Å². The van der Waals surface area contributed by atoms with Crippen molar-refractivity contribution >= 4 is 40.7 Å². The minimum Gasteiger partial charge on any atom is -0.353 e. The minimum absolute atomic E-state index is 0.0675. The number of nitrogens with zero attached hydrogens (tertiary/aromatic N) is 4. The molecule has 2 amide bonds. The molecule has 9 heteroatoms. The Morgan fingerprint density at radius 3 is 2.55 bits per heavy atom. The summed E-state index contributed by atoms with van der Waals surface area (Å²) in [4.78, 5) is 30.4. The van der Waals surface area contributed by atoms with E-state index in [-0.39, 0.29) is 29.4 Å². The van der Waals surface area contributed by atoms with E-state index >= 15 is 0 Å². The standard InChI is InChI=1S/C29H31N5O2S2/c1-20-9-11-23(12-10-20)34-29-26(27(31-34)21-7-5-4-6-8-21)28(22-13-16-37-18-22)38-19-25(36)33(29)17-24(35)30-14-15-32(2)3/h4-13,16,18,28H,14-15,17,19H2,1-3H3,(H,30,35). The highest BCUT2D eigenvalue weighted by Gasteiger charge is 2.37. The minimum atomic E-state index is -0.192. The van der Waals surface area contributed by atoms with Gasteiger partial charge in [0.2, 0.25) is 11.8 Å². The van der Waals surface area contributed by atoms with Crippen molar-refractivity contribution in [3.63, 3.8) is 0 Å². The van der Waals surface area contributed by atoms with Crippen molar-refractivity contribution in [3.8, 4) is 16.9 Å². The Hall–Kier alpha value is -3.40. The molecule has 0 fully saturated rings. The predicted octanol–water partition coefficient (Wildman–Crippen LogP) is 4.76. The normalized spacial score (nSPS) is 15.4. The quantitative estimate of drug-likeness (QED) is 0.346. The van der Waals surface area contributed by atoms with Crippen LogP contribution in [0.1, 0.15) is 21.9 Å². The molecule has 7 nitrogen and oxygen atoms in total. The van der Waals surface area contributed by atoms with Crippen LogP contribution in [0.3, 0.4) is 0 Å². The molecule has 1 atom stereocenters. The second-order valence-electron chi connectivity index (χ2n) is 9.58. The number of hydrogen-bond acceptors (Lipinski definition) is 6. The van der Waals surface area contributed by atoms with E-state index in [1.165, 1.54) is 0 Å². The molecule has 0 radical (unpaired) electrons. The Morgan fingerprint density at radius 1 is 1.11 bits per heavy atom. The van der Waals surface area contributed by atoms with Gasteiger partial charge in [-0.05, 0) is 55.5 Å². The zero-order valence-corrected chi connectivity index (χ0v) is 23.4. The summed E-state index contributed by atoms with van der Waals surface area (Å²) in [5.41, 5.74) is 5.85. The first-order valence-corrected chi connectivity index (χ1v) is 14.5. The van der Waals surface area contributed by atoms with E-state index in [0.717, 1.165) is 40.2 Å². The average molecular weight is 546 g/mol.